The minimum atomic E-state index is 0.593. The van der Waals surface area contributed by atoms with Gasteiger partial charge in [-0.2, -0.15) is 0 Å². The molecule has 0 N–H and O–H groups in total. The molecular weight excluding hydrogens is 1310 g/mol. The topological polar surface area (TPSA) is 125 Å². The zero-order chi connectivity index (χ0) is 70.5. The van der Waals surface area contributed by atoms with E-state index in [1.165, 1.54) is 44.1 Å². The van der Waals surface area contributed by atoms with Gasteiger partial charge in [-0.15, -0.1) is 0 Å². The summed E-state index contributed by atoms with van der Waals surface area (Å²) in [6.07, 6.45) is 0. The Kier molecular flexibility index (Phi) is 14.5. The van der Waals surface area contributed by atoms with Crippen LogP contribution in [0.1, 0.15) is 17.5 Å². The van der Waals surface area contributed by atoms with Crippen LogP contribution < -0.4 is 14.2 Å². The lowest BCUT2D eigenvalue weighted by Crippen LogP contribution is -2.06. The van der Waals surface area contributed by atoms with Crippen molar-refractivity contribution in [3.63, 3.8) is 0 Å². The van der Waals surface area contributed by atoms with Crippen LogP contribution in [0.25, 0.3) is 156 Å². The summed E-state index contributed by atoms with van der Waals surface area (Å²) < 4.78 is 27.9. The number of para-hydroxylation sites is 5. The van der Waals surface area contributed by atoms with Crippen molar-refractivity contribution in [3.8, 4) is 136 Å². The van der Waals surface area contributed by atoms with E-state index in [0.717, 1.165) is 147 Å². The molecule has 0 radical (unpaired) electrons. The summed E-state index contributed by atoms with van der Waals surface area (Å²) in [6.45, 7) is 6.10. The van der Waals surface area contributed by atoms with Gasteiger partial charge in [-0.3, -0.25) is 13.7 Å². The van der Waals surface area contributed by atoms with Crippen LogP contribution in [0.5, 0.6) is 34.5 Å². The first kappa shape index (κ1) is 61.6. The van der Waals surface area contributed by atoms with Crippen LogP contribution in [-0.2, 0) is 0 Å². The molecule has 0 atom stereocenters. The maximum Gasteiger partial charge on any atom is 0.164 e. The Balaban J connectivity index is 0.000000105. The van der Waals surface area contributed by atoms with Crippen LogP contribution in [0.2, 0.25) is 0 Å². The van der Waals surface area contributed by atoms with Gasteiger partial charge >= 0.3 is 0 Å². The number of hydrogen-bond acceptors (Lipinski definition) is 9. The Labute approximate surface area is 609 Å². The van der Waals surface area contributed by atoms with Gasteiger partial charge in [0, 0.05) is 33.2 Å². The molecule has 502 valence electrons. The second-order valence-corrected chi connectivity index (χ2v) is 26.7. The predicted molar refractivity (Wildman–Crippen MR) is 423 cm³/mol. The van der Waals surface area contributed by atoms with E-state index in [0.29, 0.717) is 17.5 Å². The van der Waals surface area contributed by atoms with Crippen molar-refractivity contribution in [2.24, 2.45) is 0 Å². The highest BCUT2D eigenvalue weighted by molar-refractivity contribution is 6.09. The van der Waals surface area contributed by atoms with Crippen molar-refractivity contribution in [1.29, 1.82) is 0 Å². The highest BCUT2D eigenvalue weighted by atomic mass is 16.5. The lowest BCUT2D eigenvalue weighted by atomic mass is 9.93. The summed E-state index contributed by atoms with van der Waals surface area (Å²) in [5.74, 6) is 9.61. The van der Waals surface area contributed by atoms with Crippen LogP contribution in [0.4, 0.5) is 0 Å². The third kappa shape index (κ3) is 10.5. The van der Waals surface area contributed by atoms with Gasteiger partial charge in [-0.1, -0.05) is 200 Å². The highest BCUT2D eigenvalue weighted by Gasteiger charge is 2.28. The smallest absolute Gasteiger partial charge is 0.164 e. The van der Waals surface area contributed by atoms with Gasteiger partial charge in [-0.25, -0.2) is 29.9 Å². The standard InChI is InChI=1S/C32H21N3O.C32H22N2O.C29H19N5O/c1-20-33-26-9-6-12-30-32(26)34(20)29-18-15-22(19-31(29)36-30)21-13-16-23(17-14-21)35-27-10-4-2-7-24(27)25-8-3-5-11-28(25)35;1-21-33-28-13-8-14-30-32(28)34(21)29-16-15-24(20-31(29)35-30)27-18-25(22-9-4-2-5-10-22)17-26(19-27)23-11-6-3-7-12-23;1-18-30-22-13-8-14-24-26(22)34(18)23-16-15-21(17-25(23)35-24)29-32-27(19-9-4-2-5-10-19)31-28(33-29)20-11-6-3-7-12-20/h2-19H,1H3;2-20H,1H3;2-17H,1H3. The third-order valence-corrected chi connectivity index (χ3v) is 20.2. The molecule has 0 saturated heterocycles. The van der Waals surface area contributed by atoms with E-state index < -0.39 is 0 Å². The third-order valence-electron chi connectivity index (χ3n) is 20.2. The van der Waals surface area contributed by atoms with E-state index in [9.17, 15) is 0 Å². The Hall–Kier alpha value is -14.3. The molecule has 0 unspecified atom stereocenters. The number of nitrogens with zero attached hydrogens (tertiary/aromatic N) is 10. The molecule has 19 aromatic rings. The van der Waals surface area contributed by atoms with Crippen molar-refractivity contribution in [1.82, 2.24) is 48.2 Å². The first-order chi connectivity index (χ1) is 52.2. The molecule has 0 bridgehead atoms. The molecule has 0 amide bonds. The number of rotatable bonds is 8. The van der Waals surface area contributed by atoms with Crippen molar-refractivity contribution in [2.45, 2.75) is 20.8 Å². The number of fused-ring (bicyclic) bond motifs is 9. The van der Waals surface area contributed by atoms with Gasteiger partial charge < -0.3 is 18.8 Å². The van der Waals surface area contributed by atoms with E-state index in [1.807, 2.05) is 154 Å². The first-order valence-electron chi connectivity index (χ1n) is 35.4. The molecule has 0 aliphatic carbocycles. The fourth-order valence-electron chi connectivity index (χ4n) is 15.3. The van der Waals surface area contributed by atoms with Crippen molar-refractivity contribution in [2.75, 3.05) is 0 Å². The lowest BCUT2D eigenvalue weighted by molar-refractivity contribution is 0.475. The van der Waals surface area contributed by atoms with Crippen LogP contribution in [-0.4, -0.2) is 48.2 Å². The maximum atomic E-state index is 6.39. The minimum Gasteiger partial charge on any atom is -0.453 e. The molecule has 5 aromatic heterocycles. The second kappa shape index (κ2) is 25.0. The number of imidazole rings is 3. The molecule has 8 heterocycles. The Morgan fingerprint density at radius 1 is 0.217 bits per heavy atom. The van der Waals surface area contributed by atoms with Crippen LogP contribution in [0.15, 0.2) is 322 Å². The van der Waals surface area contributed by atoms with Gasteiger partial charge in [0.25, 0.3) is 0 Å². The van der Waals surface area contributed by atoms with Crippen LogP contribution in [0.3, 0.4) is 0 Å². The molecule has 106 heavy (non-hydrogen) atoms. The molecule has 0 fully saturated rings. The van der Waals surface area contributed by atoms with E-state index >= 15 is 0 Å². The van der Waals surface area contributed by atoms with E-state index in [2.05, 4.69) is 206 Å². The fourth-order valence-corrected chi connectivity index (χ4v) is 15.3. The summed E-state index contributed by atoms with van der Waals surface area (Å²) in [4.78, 5) is 28.6. The van der Waals surface area contributed by atoms with Crippen LogP contribution >= 0.6 is 0 Å². The largest absolute Gasteiger partial charge is 0.453 e. The van der Waals surface area contributed by atoms with E-state index in [1.54, 1.807) is 0 Å². The second-order valence-electron chi connectivity index (χ2n) is 26.7. The Morgan fingerprint density at radius 3 is 0.934 bits per heavy atom. The van der Waals surface area contributed by atoms with Gasteiger partial charge in [0.15, 0.2) is 52.0 Å². The molecule has 3 aliphatic heterocycles. The number of hydrogen-bond donors (Lipinski definition) is 0. The number of aryl methyl sites for hydroxylation is 3. The summed E-state index contributed by atoms with van der Waals surface area (Å²) >= 11 is 0. The molecular formula is C93H62N10O3. The van der Waals surface area contributed by atoms with Gasteiger partial charge in [0.05, 0.1) is 44.6 Å². The van der Waals surface area contributed by atoms with E-state index in [-0.39, 0.29) is 0 Å². The predicted octanol–water partition coefficient (Wildman–Crippen LogP) is 23.3. The molecule has 0 saturated carbocycles. The number of ether oxygens (including phenoxy) is 3. The van der Waals surface area contributed by atoms with Crippen LogP contribution in [0, 0.1) is 20.8 Å². The molecule has 3 aliphatic rings. The molecule has 13 nitrogen and oxygen atoms in total. The normalized spacial score (nSPS) is 12.0. The van der Waals surface area contributed by atoms with Crippen molar-refractivity contribution < 1.29 is 14.2 Å². The summed E-state index contributed by atoms with van der Waals surface area (Å²) in [5, 5.41) is 2.54. The quantitative estimate of drug-likeness (QED) is 0.146. The number of aromatic nitrogens is 10. The molecule has 0 spiro atoms. The average Bonchev–Trinajstić information content (AvgIpc) is 1.25. The number of benzene rings is 14. The molecule has 14 aromatic carbocycles. The highest BCUT2D eigenvalue weighted by Crippen LogP contribution is 2.47. The minimum absolute atomic E-state index is 0.593. The summed E-state index contributed by atoms with van der Waals surface area (Å²) in [7, 11) is 0. The monoisotopic (exact) mass is 1370 g/mol. The first-order valence-corrected chi connectivity index (χ1v) is 35.4. The van der Waals surface area contributed by atoms with Crippen molar-refractivity contribution in [3.05, 3.63) is 339 Å². The maximum absolute atomic E-state index is 6.39. The van der Waals surface area contributed by atoms with Gasteiger partial charge in [0.2, 0.25) is 0 Å². The zero-order valence-corrected chi connectivity index (χ0v) is 57.8. The Bertz CT molecular complexity index is 6270. The average molecular weight is 1370 g/mol. The lowest BCUT2D eigenvalue weighted by Gasteiger charge is -2.21. The Morgan fingerprint density at radius 2 is 0.528 bits per heavy atom. The summed E-state index contributed by atoms with van der Waals surface area (Å²) in [5.41, 5.74) is 24.5. The fraction of sp³-hybridized carbons (Fsp3) is 0.0323. The zero-order valence-electron chi connectivity index (χ0n) is 57.8. The van der Waals surface area contributed by atoms with E-state index in [4.69, 9.17) is 44.1 Å². The SMILES string of the molecule is Cc1nc2cccc3c2n1-c1ccc(-c2cc(-c4ccccc4)cc(-c4ccccc4)c2)cc1O3.Cc1nc2cccc3c2n1-c1ccc(-c2ccc(-n4c5ccccc5c5ccccc54)cc2)cc1O3.Cc1nc2cccc3c2n1-c1ccc(-c2nc(-c4ccccc4)nc(-c4ccccc4)n2)cc1O3. The van der Waals surface area contributed by atoms with Crippen molar-refractivity contribution >= 4 is 54.9 Å². The van der Waals surface area contributed by atoms with Gasteiger partial charge in [0.1, 0.15) is 34.0 Å². The molecule has 22 rings (SSSR count). The molecule has 13 heteroatoms. The van der Waals surface area contributed by atoms with Gasteiger partial charge in [-0.05, 0) is 187 Å². The summed E-state index contributed by atoms with van der Waals surface area (Å²) in [6, 6.07) is 111.